The van der Waals surface area contributed by atoms with Crippen LogP contribution in [0.25, 0.3) is 11.1 Å². The highest BCUT2D eigenvalue weighted by molar-refractivity contribution is 7.16. The number of aliphatic carboxylic acids is 1. The van der Waals surface area contributed by atoms with Crippen molar-refractivity contribution in [2.24, 2.45) is 17.4 Å². The normalized spacial score (nSPS) is 29.1. The van der Waals surface area contributed by atoms with Gasteiger partial charge in [0.25, 0.3) is 0 Å². The second kappa shape index (κ2) is 40.2. The molecule has 692 valence electrons. The number of benzene rings is 6. The number of rotatable bonds is 21. The largest absolute Gasteiger partial charge is 0.508 e. The number of fused-ring (bicyclic) bond motifs is 15. The number of hydrogen-bond acceptors (Lipinski definition) is 32. The fraction of sp³-hybridized carbons (Fsp3) is 0.417. The van der Waals surface area contributed by atoms with Gasteiger partial charge in [-0.1, -0.05) is 66.8 Å². The lowest BCUT2D eigenvalue weighted by atomic mass is 9.86. The van der Waals surface area contributed by atoms with E-state index >= 15 is 24.0 Å². The van der Waals surface area contributed by atoms with Crippen molar-refractivity contribution in [1.29, 1.82) is 0 Å². The maximum Gasteiger partial charge on any atom is 0.330 e. The fourth-order valence-corrected chi connectivity index (χ4v) is 17.1. The molecule has 8 aliphatic rings. The summed E-state index contributed by atoms with van der Waals surface area (Å²) in [5.41, 5.74) is 8.40. The van der Waals surface area contributed by atoms with E-state index in [9.17, 15) is 80.5 Å². The van der Waals surface area contributed by atoms with Gasteiger partial charge in [-0.3, -0.25) is 38.9 Å². The van der Waals surface area contributed by atoms with Crippen molar-refractivity contribution in [3.63, 3.8) is 0 Å². The first-order valence-electron chi connectivity index (χ1n) is 40.4. The van der Waals surface area contributed by atoms with Crippen LogP contribution in [0.2, 0.25) is 15.1 Å². The summed E-state index contributed by atoms with van der Waals surface area (Å²) < 4.78 is 51.2. The number of thiophene rings is 1. The van der Waals surface area contributed by atoms with Gasteiger partial charge in [0.05, 0.1) is 46.3 Å². The molecule has 1 aromatic heterocycles. The number of carbonyl (C=O) groups is 9. The lowest BCUT2D eigenvalue weighted by molar-refractivity contribution is -0.350. The SMILES string of the molecule is CN[C@H](CC(C)C)C(=O)N[C@H]1C(=O)N[C@@H](CC(N)=O)C(=O)N[C@H]2C(=O)N[C@H]3C(=O)N[C@H](C(=O)N[C@@H](C(=O)O)c4cc(O)cc(O)c4-c4cc3ccc4O)[C@H](O[C@H]3C[C@](C)(N)[C@@H](O)[C@H](C)O3)c3ccc(c(Cl)c3)Oc3cc2cc(c3OC2O[C@H](CO)[C@@H](O[C@H]3O[C@H](CNCc4ccc(NC(=O)Nc5ccc(Cl)cc5)s4)[C@H](O)[C@H](O)[C@H]3O)[C@H](O)[C@H]2O)Oc2ccc(cc2Cl)[C@H]1O. The Morgan fingerprint density at radius 2 is 1.29 bits per heavy atom. The summed E-state index contributed by atoms with van der Waals surface area (Å²) in [5.74, 6) is -16.8. The molecule has 45 heteroatoms. The summed E-state index contributed by atoms with van der Waals surface area (Å²) in [5, 5.41) is 166. The highest BCUT2D eigenvalue weighted by Gasteiger charge is 2.53. The van der Waals surface area contributed by atoms with Crippen LogP contribution >= 0.6 is 46.1 Å². The molecule has 41 nitrogen and oxygen atoms in total. The minimum Gasteiger partial charge on any atom is -0.508 e. The molecule has 7 aromatic rings. The molecule has 0 saturated carbocycles. The molecule has 0 spiro atoms. The first-order valence-corrected chi connectivity index (χ1v) is 42.4. The van der Waals surface area contributed by atoms with Gasteiger partial charge in [-0.2, -0.15) is 0 Å². The van der Waals surface area contributed by atoms with Gasteiger partial charge in [0.1, 0.15) is 120 Å². The zero-order valence-electron chi connectivity index (χ0n) is 69.0. The number of carboxylic acid groups (broad SMARTS) is 1. The van der Waals surface area contributed by atoms with Gasteiger partial charge in [0.2, 0.25) is 53.4 Å². The van der Waals surface area contributed by atoms with E-state index in [0.29, 0.717) is 20.6 Å². The van der Waals surface area contributed by atoms with Gasteiger partial charge < -0.3 is 158 Å². The highest BCUT2D eigenvalue weighted by Crippen LogP contribution is 2.51. The number of urea groups is 1. The third-order valence-electron chi connectivity index (χ3n) is 22.3. The molecule has 1 unspecified atom stereocenters. The van der Waals surface area contributed by atoms with Crippen LogP contribution in [0.4, 0.5) is 15.5 Å². The Labute approximate surface area is 752 Å². The van der Waals surface area contributed by atoms with Gasteiger partial charge >= 0.3 is 12.0 Å². The van der Waals surface area contributed by atoms with Crippen molar-refractivity contribution in [2.45, 2.75) is 193 Å². The van der Waals surface area contributed by atoms with Crippen molar-refractivity contribution < 1.29 is 142 Å². The van der Waals surface area contributed by atoms with Crippen LogP contribution in [-0.2, 0) is 68.6 Å². The first-order chi connectivity index (χ1) is 61.1. The summed E-state index contributed by atoms with van der Waals surface area (Å²) in [6.45, 7) is 5.24. The Morgan fingerprint density at radius 3 is 1.93 bits per heavy atom. The molecule has 3 saturated heterocycles. The van der Waals surface area contributed by atoms with Crippen LogP contribution in [0.15, 0.2) is 115 Å². The number of nitrogens with two attached hydrogens (primary N) is 2. The summed E-state index contributed by atoms with van der Waals surface area (Å²) in [4.78, 5) is 134. The number of halogens is 3. The molecule has 6 aromatic carbocycles. The maximum absolute atomic E-state index is 16.4. The fourth-order valence-electron chi connectivity index (χ4n) is 15.7. The van der Waals surface area contributed by atoms with Crippen molar-refractivity contribution in [2.75, 3.05) is 30.8 Å². The number of aliphatic hydroxyl groups is 8. The Bertz CT molecular complexity index is 5390. The van der Waals surface area contributed by atoms with E-state index in [1.165, 1.54) is 44.4 Å². The molecule has 0 radical (unpaired) electrons. The Hall–Kier alpha value is -10.9. The zero-order valence-corrected chi connectivity index (χ0v) is 72.1. The van der Waals surface area contributed by atoms with Gasteiger partial charge in [-0.05, 0) is 146 Å². The number of phenols is 3. The average molecular weight is 1880 g/mol. The lowest BCUT2D eigenvalue weighted by Gasteiger charge is -2.46. The van der Waals surface area contributed by atoms with Crippen LogP contribution < -0.4 is 78.8 Å². The number of aromatic hydroxyl groups is 3. The minimum atomic E-state index is -2.44. The predicted octanol–water partition coefficient (Wildman–Crippen LogP) is 2.09. The zero-order chi connectivity index (χ0) is 93.2. The lowest BCUT2D eigenvalue weighted by Crippen LogP contribution is -2.65. The van der Waals surface area contributed by atoms with Crippen LogP contribution in [0.3, 0.4) is 0 Å². The standard InChI is InChI=1S/C84H95Cl3N12O29S/c1-31(2)18-45(90-5)74(112)98-62-64(105)34-7-15-49(43(86)20-34)122-51-22-36-23-52(71(51)127-82-69(110)67(108)72(54(30-100)125-82)128-81-68(109)66(107)65(106)53(124-81)29-91-28-40-13-17-56(129-40)94-83(120)92-38-11-9-37(85)10-12-38)123-50-16-8-35(21-44(50)87)70(126-57-27-84(4,89)73(111)32(3)121-57)63-79(117)97-61(80(118)119)42-24-39(101)25-48(103)58(42)41-19-33(6-14-47(41)102)59(76(114)99-63)96-77(115)60(36)95-75(113)46(26-55(88)104)93-78(62)116/h6-17,19-25,31-32,45-46,53-54,57,59-70,72-73,81-82,90-91,100-103,105-111H,18,26-30,89H2,1-5H3,(H2,88,104)(H,93,116)(H,95,113)(H,96,115)(H,97,117)(H,98,112)(H,99,114)(H,118,119)(H2,92,94,120)/t32-,45+,46-,53+,54+,57-,59+,60+,61+,62+,63-,64+,65-,66-,67+,68+,69+,70+,72+,73-,81+,82?,84-/m0/s1. The summed E-state index contributed by atoms with van der Waals surface area (Å²) in [7, 11) is 1.46. The van der Waals surface area contributed by atoms with Gasteiger partial charge in [-0.25, -0.2) is 9.59 Å². The number of carbonyl (C=O) groups excluding carboxylic acids is 8. The summed E-state index contributed by atoms with van der Waals surface area (Å²) in [6, 6.07) is 8.03. The van der Waals surface area contributed by atoms with Crippen molar-refractivity contribution in [3.8, 4) is 57.1 Å². The Kier molecular flexibility index (Phi) is 29.8. The summed E-state index contributed by atoms with van der Waals surface area (Å²) >= 11 is 21.7. The molecule has 3 fully saturated rings. The van der Waals surface area contributed by atoms with Gasteiger partial charge in [0.15, 0.2) is 30.1 Å². The van der Waals surface area contributed by atoms with E-state index in [2.05, 4.69) is 53.2 Å². The number of anilines is 2. The average Bonchev–Trinajstić information content (AvgIpc) is 0.863. The monoisotopic (exact) mass is 1870 g/mol. The molecule has 9 amide bonds. The van der Waals surface area contributed by atoms with E-state index in [4.69, 9.17) is 84.2 Å². The number of nitrogens with one attached hydrogen (secondary N) is 10. The van der Waals surface area contributed by atoms with Gasteiger partial charge in [0, 0.05) is 63.4 Å². The molecule has 129 heavy (non-hydrogen) atoms. The van der Waals surface area contributed by atoms with Crippen LogP contribution in [0.5, 0.6) is 46.0 Å². The summed E-state index contributed by atoms with van der Waals surface area (Å²) in [6.07, 6.45) is -29.6. The number of primary amides is 1. The Balaban J connectivity index is 0.940. The molecule has 15 rings (SSSR count). The van der Waals surface area contributed by atoms with E-state index < -0.39 is 290 Å². The maximum atomic E-state index is 16.4. The predicted molar refractivity (Wildman–Crippen MR) is 455 cm³/mol. The van der Waals surface area contributed by atoms with E-state index in [1.807, 2.05) is 0 Å². The molecular formula is C84H95Cl3N12O29S. The minimum absolute atomic E-state index is 0.103. The van der Waals surface area contributed by atoms with Crippen molar-refractivity contribution in [1.82, 2.24) is 42.5 Å². The molecule has 11 bridgehead atoms. The topological polar surface area (TPSA) is 643 Å². The highest BCUT2D eigenvalue weighted by atomic mass is 35.5. The van der Waals surface area contributed by atoms with Crippen molar-refractivity contribution >= 4 is 110 Å². The quantitative estimate of drug-likeness (QED) is 0.0490. The number of phenolic OH excluding ortho intramolecular Hbond substituents is 3. The van der Waals surface area contributed by atoms with Crippen LogP contribution in [-0.4, -0.2) is 244 Å². The second-order valence-corrected chi connectivity index (χ2v) is 34.7. The Morgan fingerprint density at radius 1 is 0.651 bits per heavy atom. The molecular weight excluding hydrogens is 1780 g/mol. The van der Waals surface area contributed by atoms with E-state index in [-0.39, 0.29) is 43.0 Å². The van der Waals surface area contributed by atoms with Gasteiger partial charge in [-0.15, -0.1) is 11.3 Å². The van der Waals surface area contributed by atoms with Crippen molar-refractivity contribution in [3.05, 3.63) is 163 Å². The molecule has 8 aliphatic heterocycles. The smallest absolute Gasteiger partial charge is 0.330 e. The molecule has 26 N–H and O–H groups in total. The first kappa shape index (κ1) is 95.7. The molecule has 0 aliphatic carbocycles. The number of aliphatic hydroxyl groups excluding tert-OH is 8. The third-order valence-corrected chi connectivity index (χ3v) is 24.2. The number of amides is 9. The van der Waals surface area contributed by atoms with Crippen LogP contribution in [0, 0.1) is 5.92 Å². The third kappa shape index (κ3) is 21.6. The molecule has 23 atom stereocenters. The molecule has 9 heterocycles. The second-order valence-electron chi connectivity index (χ2n) is 32.3. The van der Waals surface area contributed by atoms with E-state index in [0.717, 1.165) is 66.7 Å². The number of likely N-dealkylation sites (N-methyl/N-ethyl adjacent to an activating group) is 1. The number of carboxylic acids is 1. The number of ether oxygens (including phenoxy) is 8. The van der Waals surface area contributed by atoms with E-state index in [1.54, 1.807) is 50.2 Å². The number of hydrogen-bond donors (Lipinski definition) is 24. The van der Waals surface area contributed by atoms with Crippen LogP contribution in [0.1, 0.15) is 110 Å².